The van der Waals surface area contributed by atoms with Crippen LogP contribution in [0.1, 0.15) is 11.8 Å². The van der Waals surface area contributed by atoms with E-state index >= 15 is 0 Å². The van der Waals surface area contributed by atoms with E-state index in [1.165, 1.54) is 12.4 Å². The van der Waals surface area contributed by atoms with Crippen LogP contribution in [0.5, 0.6) is 0 Å². The number of anilines is 1. The molecule has 8 N–H and O–H groups in total. The van der Waals surface area contributed by atoms with Gasteiger partial charge in [0.05, 0.1) is 6.61 Å². The Kier molecular flexibility index (Phi) is 5.95. The molecule has 1 aliphatic heterocycles. The lowest BCUT2D eigenvalue weighted by molar-refractivity contribution is -0.0543. The van der Waals surface area contributed by atoms with Gasteiger partial charge < -0.3 is 36.2 Å². The van der Waals surface area contributed by atoms with Gasteiger partial charge in [-0.3, -0.25) is 9.09 Å². The van der Waals surface area contributed by atoms with E-state index < -0.39 is 44.7 Å². The number of aliphatic hydroxyl groups excluding tert-OH is 2. The number of hydrogen-bond acceptors (Lipinski definition) is 9. The average molecular weight is 378 g/mol. The molecule has 0 amide bonds. The van der Waals surface area contributed by atoms with Crippen molar-refractivity contribution >= 4 is 13.6 Å². The van der Waals surface area contributed by atoms with Crippen molar-refractivity contribution in [3.05, 3.63) is 34.5 Å². The summed E-state index contributed by atoms with van der Waals surface area (Å²) < 4.78 is 21.3. The average Bonchev–Trinajstić information content (AvgIpc) is 2.80. The summed E-state index contributed by atoms with van der Waals surface area (Å²) in [6.45, 7) is -0.682. The molecule has 0 aromatic carbocycles. The summed E-state index contributed by atoms with van der Waals surface area (Å²) in [4.78, 5) is 33.1. The molecular formula is C12H19N4O8P. The molecule has 0 saturated carbocycles. The Bertz CT molecular complexity index is 747. The molecule has 12 nitrogen and oxygen atoms in total. The predicted octanol–water partition coefficient (Wildman–Crippen LogP) is -2.43. The van der Waals surface area contributed by atoms with Crippen molar-refractivity contribution in [2.24, 2.45) is 5.73 Å². The van der Waals surface area contributed by atoms with Crippen LogP contribution in [0.4, 0.5) is 5.82 Å². The van der Waals surface area contributed by atoms with Crippen LogP contribution in [0, 0.1) is 0 Å². The quantitative estimate of drug-likeness (QED) is 0.287. The molecule has 0 radical (unpaired) electrons. The highest BCUT2D eigenvalue weighted by atomic mass is 31.2. The van der Waals surface area contributed by atoms with E-state index in [-0.39, 0.29) is 12.2 Å². The molecule has 25 heavy (non-hydrogen) atoms. The Balaban J connectivity index is 2.26. The number of rotatable bonds is 6. The van der Waals surface area contributed by atoms with Gasteiger partial charge in [-0.05, 0) is 12.6 Å². The molecule has 4 atom stereocenters. The molecule has 0 spiro atoms. The van der Waals surface area contributed by atoms with Crippen molar-refractivity contribution in [2.75, 3.05) is 12.3 Å². The fourth-order valence-corrected chi connectivity index (χ4v) is 2.66. The van der Waals surface area contributed by atoms with Crippen molar-refractivity contribution in [1.29, 1.82) is 0 Å². The number of aromatic nitrogens is 2. The normalized spacial score (nSPS) is 27.2. The summed E-state index contributed by atoms with van der Waals surface area (Å²) in [7, 11) is -4.78. The van der Waals surface area contributed by atoms with Crippen molar-refractivity contribution in [3.8, 4) is 0 Å². The number of nitrogens with two attached hydrogens (primary N) is 2. The Morgan fingerprint density at radius 3 is 2.68 bits per heavy atom. The Morgan fingerprint density at radius 2 is 2.08 bits per heavy atom. The van der Waals surface area contributed by atoms with Crippen LogP contribution in [0.3, 0.4) is 0 Å². The van der Waals surface area contributed by atoms with Gasteiger partial charge in [-0.15, -0.1) is 0 Å². The number of ether oxygens (including phenoxy) is 1. The zero-order valence-corrected chi connectivity index (χ0v) is 13.8. The molecule has 2 rings (SSSR count). The van der Waals surface area contributed by atoms with E-state index in [1.54, 1.807) is 6.08 Å². The smallest absolute Gasteiger partial charge is 0.405 e. The zero-order valence-electron chi connectivity index (χ0n) is 12.9. The largest absolute Gasteiger partial charge is 0.469 e. The van der Waals surface area contributed by atoms with Crippen LogP contribution in [0.2, 0.25) is 0 Å². The van der Waals surface area contributed by atoms with E-state index in [9.17, 15) is 19.6 Å². The standard InChI is InChI=1S/C12H19N4O8P/c13-3-1-2-6-4-16(12(19)15-10(6)14)11-9(18)8(17)7(24-11)5-23-25(20,21)22/h1,3-4,7-9,11,17-18H,2,5,13H2,(H2,14,15,19)(H2,20,21,22)/t7-,8-,9-,11-/m1/s1. The van der Waals surface area contributed by atoms with Gasteiger partial charge in [0.2, 0.25) is 0 Å². The maximum absolute atomic E-state index is 12.0. The van der Waals surface area contributed by atoms with Gasteiger partial charge in [-0.25, -0.2) is 9.36 Å². The third-order valence-corrected chi connectivity index (χ3v) is 4.04. The minimum absolute atomic E-state index is 0.0197. The SMILES string of the molecule is NC=CCc1cn([C@@H]2O[C@H](COP(=O)(O)O)[C@@H](O)[C@H]2O)c(=O)nc1N. The van der Waals surface area contributed by atoms with Crippen molar-refractivity contribution < 1.29 is 33.8 Å². The highest BCUT2D eigenvalue weighted by Gasteiger charge is 2.45. The van der Waals surface area contributed by atoms with Gasteiger partial charge in [-0.2, -0.15) is 4.98 Å². The fourth-order valence-electron chi connectivity index (χ4n) is 2.32. The van der Waals surface area contributed by atoms with Crippen LogP contribution in [-0.2, 0) is 20.2 Å². The number of nitrogen functional groups attached to an aromatic ring is 1. The number of phosphoric ester groups is 1. The number of phosphoric acid groups is 1. The van der Waals surface area contributed by atoms with Gasteiger partial charge in [0.25, 0.3) is 0 Å². The van der Waals surface area contributed by atoms with Gasteiger partial charge in [0.1, 0.15) is 24.1 Å². The lowest BCUT2D eigenvalue weighted by Crippen LogP contribution is -2.36. The van der Waals surface area contributed by atoms with Crippen molar-refractivity contribution in [3.63, 3.8) is 0 Å². The minimum Gasteiger partial charge on any atom is -0.405 e. The summed E-state index contributed by atoms with van der Waals surface area (Å²) in [5.74, 6) is -0.0197. The first kappa shape index (κ1) is 19.5. The summed E-state index contributed by atoms with van der Waals surface area (Å²) in [6.07, 6.45) is -1.25. The van der Waals surface area contributed by atoms with Crippen LogP contribution in [0.25, 0.3) is 0 Å². The van der Waals surface area contributed by atoms with Crippen molar-refractivity contribution in [2.45, 2.75) is 31.0 Å². The molecule has 13 heteroatoms. The number of nitrogens with zero attached hydrogens (tertiary/aromatic N) is 2. The van der Waals surface area contributed by atoms with Gasteiger partial charge in [0, 0.05) is 11.8 Å². The Morgan fingerprint density at radius 1 is 1.40 bits per heavy atom. The minimum atomic E-state index is -4.78. The first-order chi connectivity index (χ1) is 11.6. The summed E-state index contributed by atoms with van der Waals surface area (Å²) in [5.41, 5.74) is 10.5. The summed E-state index contributed by atoms with van der Waals surface area (Å²) in [6, 6.07) is 0. The van der Waals surface area contributed by atoms with Crippen molar-refractivity contribution in [1.82, 2.24) is 9.55 Å². The van der Waals surface area contributed by atoms with E-state index in [0.717, 1.165) is 4.57 Å². The highest BCUT2D eigenvalue weighted by Crippen LogP contribution is 2.38. The lowest BCUT2D eigenvalue weighted by atomic mass is 10.1. The second-order valence-electron chi connectivity index (χ2n) is 5.31. The number of allylic oxidation sites excluding steroid dienone is 1. The maximum atomic E-state index is 12.0. The third-order valence-electron chi connectivity index (χ3n) is 3.55. The first-order valence-electron chi connectivity index (χ1n) is 7.10. The topological polar surface area (TPSA) is 203 Å². The van der Waals surface area contributed by atoms with E-state index in [1.807, 2.05) is 0 Å². The van der Waals surface area contributed by atoms with Gasteiger partial charge in [0.15, 0.2) is 6.23 Å². The van der Waals surface area contributed by atoms with E-state index in [0.29, 0.717) is 5.56 Å². The van der Waals surface area contributed by atoms with E-state index in [2.05, 4.69) is 9.51 Å². The first-order valence-corrected chi connectivity index (χ1v) is 8.63. The van der Waals surface area contributed by atoms with Crippen LogP contribution in [-0.4, -0.2) is 54.5 Å². The second kappa shape index (κ2) is 7.62. The Hall–Kier alpha value is -1.79. The summed E-state index contributed by atoms with van der Waals surface area (Å²) >= 11 is 0. The Labute approximate surface area is 141 Å². The highest BCUT2D eigenvalue weighted by molar-refractivity contribution is 7.46. The molecule has 0 bridgehead atoms. The fraction of sp³-hybridized carbons (Fsp3) is 0.500. The number of hydrogen-bond donors (Lipinski definition) is 6. The van der Waals surface area contributed by atoms with E-state index in [4.69, 9.17) is 26.0 Å². The maximum Gasteiger partial charge on any atom is 0.469 e. The van der Waals surface area contributed by atoms with Gasteiger partial charge in [-0.1, -0.05) is 6.08 Å². The monoisotopic (exact) mass is 378 g/mol. The van der Waals surface area contributed by atoms with Crippen LogP contribution >= 0.6 is 7.82 Å². The molecule has 1 fully saturated rings. The van der Waals surface area contributed by atoms with Gasteiger partial charge >= 0.3 is 13.5 Å². The summed E-state index contributed by atoms with van der Waals surface area (Å²) in [5, 5.41) is 20.0. The predicted molar refractivity (Wildman–Crippen MR) is 83.9 cm³/mol. The molecule has 1 aromatic rings. The molecular weight excluding hydrogens is 359 g/mol. The van der Waals surface area contributed by atoms with Crippen LogP contribution < -0.4 is 17.2 Å². The van der Waals surface area contributed by atoms with Crippen LogP contribution in [0.15, 0.2) is 23.3 Å². The molecule has 1 aromatic heterocycles. The lowest BCUT2D eigenvalue weighted by Gasteiger charge is -2.18. The molecule has 0 aliphatic carbocycles. The molecule has 2 heterocycles. The molecule has 1 saturated heterocycles. The second-order valence-corrected chi connectivity index (χ2v) is 6.55. The zero-order chi connectivity index (χ0) is 18.8. The molecule has 140 valence electrons. The third kappa shape index (κ3) is 4.64. The number of aliphatic hydroxyl groups is 2. The molecule has 1 aliphatic rings. The molecule has 0 unspecified atom stereocenters.